The van der Waals surface area contributed by atoms with E-state index in [1.165, 1.54) is 12.3 Å². The highest BCUT2D eigenvalue weighted by Gasteiger charge is 2.41. The van der Waals surface area contributed by atoms with E-state index in [1.807, 2.05) is 6.92 Å². The minimum atomic E-state index is -5.02. The maximum absolute atomic E-state index is 12.6. The minimum absolute atomic E-state index is 0.117. The number of aromatic nitrogens is 3. The number of carbonyl (C=O) groups is 2. The van der Waals surface area contributed by atoms with Crippen LogP contribution in [0.3, 0.4) is 0 Å². The van der Waals surface area contributed by atoms with E-state index in [-0.39, 0.29) is 18.1 Å². The number of hydrogen-bond donors (Lipinski definition) is 1. The molecule has 0 unspecified atom stereocenters. The first kappa shape index (κ1) is 16.8. The van der Waals surface area contributed by atoms with Crippen molar-refractivity contribution in [2.24, 2.45) is 0 Å². The Hall–Kier alpha value is -2.58. The number of aromatic amines is 1. The Balaban J connectivity index is 2.32. The van der Waals surface area contributed by atoms with Gasteiger partial charge in [0.2, 0.25) is 0 Å². The third-order valence-corrected chi connectivity index (χ3v) is 3.02. The molecule has 0 saturated heterocycles. The Labute approximate surface area is 129 Å². The quantitative estimate of drug-likeness (QED) is 0.502. The predicted octanol–water partition coefficient (Wildman–Crippen LogP) is 2.90. The molecule has 2 heterocycles. The van der Waals surface area contributed by atoms with Crippen molar-refractivity contribution in [1.82, 2.24) is 14.5 Å². The Morgan fingerprint density at radius 1 is 1.39 bits per heavy atom. The van der Waals surface area contributed by atoms with E-state index in [1.54, 1.807) is 0 Å². The lowest BCUT2D eigenvalue weighted by Gasteiger charge is -2.10. The molecule has 0 bridgehead atoms. The van der Waals surface area contributed by atoms with E-state index in [9.17, 15) is 22.8 Å². The molecule has 23 heavy (non-hydrogen) atoms. The second-order valence-corrected chi connectivity index (χ2v) is 4.68. The molecule has 9 heteroatoms. The average molecular weight is 329 g/mol. The largest absolute Gasteiger partial charge is 0.461 e. The number of rotatable bonds is 6. The number of nitrogens with zero attached hydrogens (tertiary/aromatic N) is 2. The van der Waals surface area contributed by atoms with Crippen molar-refractivity contribution in [2.75, 3.05) is 6.61 Å². The first-order chi connectivity index (χ1) is 10.9. The molecule has 0 radical (unpaired) electrons. The molecule has 0 aliphatic rings. The number of carbonyl (C=O) groups excluding carboxylic acids is 2. The molecular formula is C14H14F3N3O3. The first-order valence-corrected chi connectivity index (χ1v) is 6.86. The smallest absolute Gasteiger partial charge is 0.456 e. The third-order valence-electron chi connectivity index (χ3n) is 3.02. The molecule has 0 atom stereocenters. The standard InChI is InChI=1S/C14H14F3N3O3/c1-2-3-7-23-13(22)10-12(19-8-18-10)20-6-4-5-9(20)11(21)14(15,16)17/h4-6,8H,2-3,7H2,1H3,(H,18,19). The van der Waals surface area contributed by atoms with Gasteiger partial charge in [-0.3, -0.25) is 9.36 Å². The van der Waals surface area contributed by atoms with Gasteiger partial charge < -0.3 is 9.72 Å². The van der Waals surface area contributed by atoms with Gasteiger partial charge in [0.15, 0.2) is 11.5 Å². The average Bonchev–Trinajstić information content (AvgIpc) is 3.13. The molecule has 2 aromatic heterocycles. The van der Waals surface area contributed by atoms with Gasteiger partial charge in [0.05, 0.1) is 18.6 Å². The number of unbranched alkanes of at least 4 members (excludes halogenated alkanes) is 1. The van der Waals surface area contributed by atoms with Crippen LogP contribution in [0.25, 0.3) is 5.82 Å². The molecule has 0 aromatic carbocycles. The van der Waals surface area contributed by atoms with Gasteiger partial charge in [-0.25, -0.2) is 9.78 Å². The van der Waals surface area contributed by atoms with E-state index in [4.69, 9.17) is 4.74 Å². The molecule has 0 aliphatic heterocycles. The highest BCUT2D eigenvalue weighted by Crippen LogP contribution is 2.24. The summed E-state index contributed by atoms with van der Waals surface area (Å²) >= 11 is 0. The zero-order valence-electron chi connectivity index (χ0n) is 12.2. The maximum atomic E-state index is 12.6. The van der Waals surface area contributed by atoms with Gasteiger partial charge in [-0.2, -0.15) is 13.2 Å². The van der Waals surface area contributed by atoms with Crippen LogP contribution >= 0.6 is 0 Å². The van der Waals surface area contributed by atoms with E-state index >= 15 is 0 Å². The maximum Gasteiger partial charge on any atom is 0.456 e. The monoisotopic (exact) mass is 329 g/mol. The molecule has 6 nitrogen and oxygen atoms in total. The molecule has 0 fully saturated rings. The van der Waals surface area contributed by atoms with Crippen LogP contribution in [0.15, 0.2) is 24.7 Å². The van der Waals surface area contributed by atoms with Gasteiger partial charge >= 0.3 is 12.1 Å². The summed E-state index contributed by atoms with van der Waals surface area (Å²) < 4.78 is 43.8. The lowest BCUT2D eigenvalue weighted by atomic mass is 10.2. The van der Waals surface area contributed by atoms with E-state index < -0.39 is 23.6 Å². The van der Waals surface area contributed by atoms with Crippen molar-refractivity contribution in [3.8, 4) is 5.82 Å². The van der Waals surface area contributed by atoms with Crippen LogP contribution in [-0.2, 0) is 4.74 Å². The van der Waals surface area contributed by atoms with Gasteiger partial charge in [0.25, 0.3) is 5.78 Å². The van der Waals surface area contributed by atoms with Crippen LogP contribution in [0.1, 0.15) is 40.7 Å². The molecule has 0 amide bonds. The topological polar surface area (TPSA) is 77.0 Å². The summed E-state index contributed by atoms with van der Waals surface area (Å²) in [5.41, 5.74) is -0.749. The number of ether oxygens (including phenoxy) is 1. The predicted molar refractivity (Wildman–Crippen MR) is 73.5 cm³/mol. The Bertz CT molecular complexity index is 703. The second-order valence-electron chi connectivity index (χ2n) is 4.68. The fourth-order valence-corrected chi connectivity index (χ4v) is 1.90. The molecule has 124 valence electrons. The van der Waals surface area contributed by atoms with Gasteiger partial charge in [-0.1, -0.05) is 13.3 Å². The summed E-state index contributed by atoms with van der Waals surface area (Å²) in [6.07, 6.45) is -1.17. The number of imidazole rings is 1. The van der Waals surface area contributed by atoms with Crippen molar-refractivity contribution in [3.63, 3.8) is 0 Å². The van der Waals surface area contributed by atoms with Gasteiger partial charge in [0.1, 0.15) is 0 Å². The fourth-order valence-electron chi connectivity index (χ4n) is 1.90. The Morgan fingerprint density at radius 2 is 2.13 bits per heavy atom. The zero-order chi connectivity index (χ0) is 17.0. The zero-order valence-corrected chi connectivity index (χ0v) is 12.2. The minimum Gasteiger partial charge on any atom is -0.461 e. The Kier molecular flexibility index (Phi) is 4.87. The van der Waals surface area contributed by atoms with Crippen LogP contribution < -0.4 is 0 Å². The Morgan fingerprint density at radius 3 is 2.78 bits per heavy atom. The number of alkyl halides is 3. The van der Waals surface area contributed by atoms with Gasteiger partial charge in [-0.05, 0) is 18.6 Å². The third kappa shape index (κ3) is 3.61. The number of nitrogens with one attached hydrogen (secondary N) is 1. The number of hydrogen-bond acceptors (Lipinski definition) is 4. The van der Waals surface area contributed by atoms with Crippen molar-refractivity contribution < 1.29 is 27.5 Å². The lowest BCUT2D eigenvalue weighted by Crippen LogP contribution is -2.25. The van der Waals surface area contributed by atoms with Gasteiger partial charge in [-0.15, -0.1) is 0 Å². The van der Waals surface area contributed by atoms with E-state index in [2.05, 4.69) is 9.97 Å². The summed E-state index contributed by atoms with van der Waals surface area (Å²) in [6.45, 7) is 2.11. The van der Waals surface area contributed by atoms with Crippen LogP contribution in [0.4, 0.5) is 13.2 Å². The molecule has 0 aliphatic carbocycles. The molecular weight excluding hydrogens is 315 g/mol. The van der Waals surface area contributed by atoms with Crippen LogP contribution in [0.5, 0.6) is 0 Å². The fraction of sp³-hybridized carbons (Fsp3) is 0.357. The molecule has 2 rings (SSSR count). The van der Waals surface area contributed by atoms with Crippen molar-refractivity contribution >= 4 is 11.8 Å². The van der Waals surface area contributed by atoms with Crippen molar-refractivity contribution in [1.29, 1.82) is 0 Å². The van der Waals surface area contributed by atoms with Gasteiger partial charge in [0, 0.05) is 6.20 Å². The van der Waals surface area contributed by atoms with Crippen LogP contribution in [0, 0.1) is 0 Å². The summed E-state index contributed by atoms with van der Waals surface area (Å²) in [5.74, 6) is -2.88. The molecule has 2 aromatic rings. The van der Waals surface area contributed by atoms with Crippen LogP contribution in [-0.4, -0.2) is 39.1 Å². The normalized spacial score (nSPS) is 11.5. The summed E-state index contributed by atoms with van der Waals surface area (Å²) in [7, 11) is 0. The van der Waals surface area contributed by atoms with E-state index in [0.717, 1.165) is 23.4 Å². The summed E-state index contributed by atoms with van der Waals surface area (Å²) in [6, 6.07) is 2.27. The van der Waals surface area contributed by atoms with Crippen molar-refractivity contribution in [3.05, 3.63) is 36.0 Å². The number of H-pyrrole nitrogens is 1. The first-order valence-electron chi connectivity index (χ1n) is 6.86. The number of halogens is 3. The highest BCUT2D eigenvalue weighted by molar-refractivity contribution is 6.00. The number of Topliss-reactive ketones (excluding diaryl/α,β-unsaturated/α-hetero) is 1. The highest BCUT2D eigenvalue weighted by atomic mass is 19.4. The number of ketones is 1. The molecule has 0 saturated carbocycles. The molecule has 1 N–H and O–H groups in total. The van der Waals surface area contributed by atoms with Crippen molar-refractivity contribution in [2.45, 2.75) is 25.9 Å². The second kappa shape index (κ2) is 6.67. The summed E-state index contributed by atoms with van der Waals surface area (Å²) in [4.78, 5) is 29.7. The molecule has 0 spiro atoms. The van der Waals surface area contributed by atoms with Crippen LogP contribution in [0.2, 0.25) is 0 Å². The lowest BCUT2D eigenvalue weighted by molar-refractivity contribution is -0.0889. The number of esters is 1. The SMILES string of the molecule is CCCCOC(=O)c1[nH]cnc1-n1cccc1C(=O)C(F)(F)F. The van der Waals surface area contributed by atoms with E-state index in [0.29, 0.717) is 6.42 Å². The summed E-state index contributed by atoms with van der Waals surface area (Å²) in [5, 5.41) is 0.